The van der Waals surface area contributed by atoms with Crippen molar-refractivity contribution in [2.75, 3.05) is 18.0 Å². The van der Waals surface area contributed by atoms with Crippen LogP contribution in [0.3, 0.4) is 0 Å². The summed E-state index contributed by atoms with van der Waals surface area (Å²) in [6.07, 6.45) is 3.19. The third kappa shape index (κ3) is 2.00. The van der Waals surface area contributed by atoms with Gasteiger partial charge in [-0.15, -0.1) is 0 Å². The molecule has 1 unspecified atom stereocenters. The molecule has 1 fully saturated rings. The van der Waals surface area contributed by atoms with Crippen molar-refractivity contribution >= 4 is 5.95 Å². The second kappa shape index (κ2) is 3.85. The number of aryl methyl sites for hydroxylation is 1. The summed E-state index contributed by atoms with van der Waals surface area (Å²) in [5.41, 5.74) is 7.00. The average molecular weight is 208 g/mol. The molecule has 84 valence electrons. The predicted molar refractivity (Wildman–Crippen MR) is 62.2 cm³/mol. The lowest BCUT2D eigenvalue weighted by Crippen LogP contribution is -2.28. The number of nitrogens with two attached hydrogens (primary N) is 1. The Morgan fingerprint density at radius 2 is 2.27 bits per heavy atom. The van der Waals surface area contributed by atoms with Crippen molar-refractivity contribution in [1.82, 2.24) is 9.55 Å². The first-order chi connectivity index (χ1) is 7.08. The monoisotopic (exact) mass is 208 g/mol. The zero-order valence-corrected chi connectivity index (χ0v) is 9.77. The van der Waals surface area contributed by atoms with Crippen molar-refractivity contribution in [1.29, 1.82) is 0 Å². The lowest BCUT2D eigenvalue weighted by molar-refractivity contribution is 0.591. The Morgan fingerprint density at radius 3 is 2.80 bits per heavy atom. The van der Waals surface area contributed by atoms with Gasteiger partial charge in [-0.2, -0.15) is 0 Å². The van der Waals surface area contributed by atoms with E-state index in [0.717, 1.165) is 31.2 Å². The molecule has 1 atom stereocenters. The molecule has 0 aliphatic carbocycles. The van der Waals surface area contributed by atoms with Crippen LogP contribution in [0.25, 0.3) is 0 Å². The molecule has 1 saturated heterocycles. The van der Waals surface area contributed by atoms with E-state index in [1.165, 1.54) is 0 Å². The maximum absolute atomic E-state index is 5.92. The van der Waals surface area contributed by atoms with Gasteiger partial charge in [-0.3, -0.25) is 0 Å². The van der Waals surface area contributed by atoms with Gasteiger partial charge in [-0.1, -0.05) is 0 Å². The number of anilines is 1. The second-order valence-electron chi connectivity index (χ2n) is 4.68. The van der Waals surface area contributed by atoms with Crippen LogP contribution in [0.1, 0.15) is 32.0 Å². The molecule has 2 N–H and O–H groups in total. The van der Waals surface area contributed by atoms with Crippen LogP contribution in [0.4, 0.5) is 5.95 Å². The van der Waals surface area contributed by atoms with Crippen LogP contribution in [0.2, 0.25) is 0 Å². The van der Waals surface area contributed by atoms with Crippen molar-refractivity contribution < 1.29 is 0 Å². The Morgan fingerprint density at radius 1 is 1.53 bits per heavy atom. The zero-order valence-electron chi connectivity index (χ0n) is 9.77. The Hall–Kier alpha value is -1.03. The summed E-state index contributed by atoms with van der Waals surface area (Å²) in [4.78, 5) is 6.87. The fourth-order valence-corrected chi connectivity index (χ4v) is 2.09. The van der Waals surface area contributed by atoms with Crippen molar-refractivity contribution in [2.45, 2.75) is 39.3 Å². The average Bonchev–Trinajstić information content (AvgIpc) is 2.71. The van der Waals surface area contributed by atoms with Gasteiger partial charge in [0.15, 0.2) is 0 Å². The molecule has 0 aromatic carbocycles. The lowest BCUT2D eigenvalue weighted by Gasteiger charge is -2.20. The van der Waals surface area contributed by atoms with Crippen molar-refractivity contribution in [2.24, 2.45) is 5.73 Å². The molecule has 2 heterocycles. The van der Waals surface area contributed by atoms with Gasteiger partial charge in [-0.25, -0.2) is 4.98 Å². The summed E-state index contributed by atoms with van der Waals surface area (Å²) < 4.78 is 2.23. The molecule has 0 bridgehead atoms. The van der Waals surface area contributed by atoms with Gasteiger partial charge in [0.2, 0.25) is 5.95 Å². The Labute approximate surface area is 91.1 Å². The van der Waals surface area contributed by atoms with E-state index < -0.39 is 0 Å². The van der Waals surface area contributed by atoms with E-state index in [0.29, 0.717) is 12.1 Å². The first-order valence-electron chi connectivity index (χ1n) is 5.64. The summed E-state index contributed by atoms with van der Waals surface area (Å²) in [7, 11) is 0. The topological polar surface area (TPSA) is 47.1 Å². The summed E-state index contributed by atoms with van der Waals surface area (Å²) in [5, 5.41) is 0. The molecule has 0 amide bonds. The minimum Gasteiger partial charge on any atom is -0.341 e. The summed E-state index contributed by atoms with van der Waals surface area (Å²) in [6.45, 7) is 8.37. The second-order valence-corrected chi connectivity index (χ2v) is 4.68. The molecular formula is C11H20N4. The lowest BCUT2D eigenvalue weighted by atomic mass is 10.3. The number of nitrogens with zero attached hydrogens (tertiary/aromatic N) is 3. The molecule has 1 aromatic rings. The highest BCUT2D eigenvalue weighted by atomic mass is 15.3. The van der Waals surface area contributed by atoms with Crippen molar-refractivity contribution in [3.63, 3.8) is 0 Å². The van der Waals surface area contributed by atoms with Crippen LogP contribution in [0.5, 0.6) is 0 Å². The van der Waals surface area contributed by atoms with Crippen LogP contribution < -0.4 is 10.6 Å². The van der Waals surface area contributed by atoms with Crippen LogP contribution in [0, 0.1) is 6.92 Å². The number of aromatic nitrogens is 2. The first kappa shape index (κ1) is 10.5. The van der Waals surface area contributed by atoms with Crippen LogP contribution in [-0.2, 0) is 0 Å². The van der Waals surface area contributed by atoms with Gasteiger partial charge in [0.1, 0.15) is 0 Å². The summed E-state index contributed by atoms with van der Waals surface area (Å²) >= 11 is 0. The number of imidazole rings is 1. The SMILES string of the molecule is Cc1cn(C(C)C)c(N2CCC(N)C2)n1. The molecule has 2 rings (SSSR count). The first-order valence-corrected chi connectivity index (χ1v) is 5.64. The van der Waals surface area contributed by atoms with Crippen LogP contribution in [-0.4, -0.2) is 28.7 Å². The molecule has 1 aliphatic rings. The molecule has 1 aromatic heterocycles. The third-order valence-electron chi connectivity index (χ3n) is 2.90. The van der Waals surface area contributed by atoms with E-state index in [1.54, 1.807) is 0 Å². The maximum atomic E-state index is 5.92. The van der Waals surface area contributed by atoms with E-state index in [2.05, 4.69) is 34.5 Å². The summed E-state index contributed by atoms with van der Waals surface area (Å²) in [6, 6.07) is 0.764. The van der Waals surface area contributed by atoms with Crippen LogP contribution in [0.15, 0.2) is 6.20 Å². The standard InChI is InChI=1S/C11H20N4/c1-8(2)15-6-9(3)13-11(15)14-5-4-10(12)7-14/h6,8,10H,4-5,7,12H2,1-3H3. The quantitative estimate of drug-likeness (QED) is 0.797. The normalized spacial score (nSPS) is 21.7. The predicted octanol–water partition coefficient (Wildman–Crippen LogP) is 1.31. The van der Waals surface area contributed by atoms with Gasteiger partial charge in [0.25, 0.3) is 0 Å². The Bertz CT molecular complexity index is 342. The summed E-state index contributed by atoms with van der Waals surface area (Å²) in [5.74, 6) is 1.08. The molecular weight excluding hydrogens is 188 g/mol. The fourth-order valence-electron chi connectivity index (χ4n) is 2.09. The van der Waals surface area contributed by atoms with Gasteiger partial charge in [-0.05, 0) is 27.2 Å². The highest BCUT2D eigenvalue weighted by Gasteiger charge is 2.23. The zero-order chi connectivity index (χ0) is 11.0. The Balaban J connectivity index is 2.26. The highest BCUT2D eigenvalue weighted by Crippen LogP contribution is 2.22. The third-order valence-corrected chi connectivity index (χ3v) is 2.90. The highest BCUT2D eigenvalue weighted by molar-refractivity contribution is 5.36. The molecule has 4 nitrogen and oxygen atoms in total. The number of hydrogen-bond acceptors (Lipinski definition) is 3. The molecule has 15 heavy (non-hydrogen) atoms. The van der Waals surface area contributed by atoms with Crippen molar-refractivity contribution in [3.05, 3.63) is 11.9 Å². The van der Waals surface area contributed by atoms with Gasteiger partial charge < -0.3 is 15.2 Å². The fraction of sp³-hybridized carbons (Fsp3) is 0.727. The molecule has 1 aliphatic heterocycles. The number of hydrogen-bond donors (Lipinski definition) is 1. The van der Waals surface area contributed by atoms with Gasteiger partial charge >= 0.3 is 0 Å². The molecule has 4 heteroatoms. The van der Waals surface area contributed by atoms with Crippen molar-refractivity contribution in [3.8, 4) is 0 Å². The molecule has 0 spiro atoms. The maximum Gasteiger partial charge on any atom is 0.206 e. The van der Waals surface area contributed by atoms with Gasteiger partial charge in [0, 0.05) is 31.4 Å². The smallest absolute Gasteiger partial charge is 0.206 e. The minimum atomic E-state index is 0.308. The number of rotatable bonds is 2. The Kier molecular flexibility index (Phi) is 2.69. The largest absolute Gasteiger partial charge is 0.341 e. The minimum absolute atomic E-state index is 0.308. The van der Waals surface area contributed by atoms with Gasteiger partial charge in [0.05, 0.1) is 5.69 Å². The van der Waals surface area contributed by atoms with Crippen LogP contribution >= 0.6 is 0 Å². The van der Waals surface area contributed by atoms with E-state index in [1.807, 2.05) is 6.92 Å². The molecule has 0 radical (unpaired) electrons. The molecule has 0 saturated carbocycles. The van der Waals surface area contributed by atoms with E-state index in [4.69, 9.17) is 5.73 Å². The van der Waals surface area contributed by atoms with E-state index >= 15 is 0 Å². The van der Waals surface area contributed by atoms with E-state index in [9.17, 15) is 0 Å². The van der Waals surface area contributed by atoms with E-state index in [-0.39, 0.29) is 0 Å².